The first-order chi connectivity index (χ1) is 0. The third-order valence-corrected chi connectivity index (χ3v) is 0. The molecule has 46 valence electrons. The van der Waals surface area contributed by atoms with Crippen molar-refractivity contribution in [3.05, 3.63) is 0 Å². The standard InChI is InChI=1S/Cr.Mg.2Ni.2H4Si.2H/h;;;;2*1H4;;. The van der Waals surface area contributed by atoms with Gasteiger partial charge in [-0.25, -0.2) is 0 Å². The largest absolute Gasteiger partial charge is 0.316 e. The molecule has 0 fully saturated rings. The van der Waals surface area contributed by atoms with Crippen molar-refractivity contribution in [1.82, 2.24) is 0 Å². The van der Waals surface area contributed by atoms with Crippen LogP contribution in [0.4, 0.5) is 0 Å². The van der Waals surface area contributed by atoms with Crippen LogP contribution in [0.2, 0.25) is 0 Å². The zero-order valence-electron chi connectivity index (χ0n) is 1.04. The van der Waals surface area contributed by atoms with Crippen molar-refractivity contribution in [3.63, 3.8) is 0 Å². The first-order valence-corrected chi connectivity index (χ1v) is 0. The minimum absolute atomic E-state index is 0. The molecule has 0 amide bonds. The van der Waals surface area contributed by atoms with E-state index in [9.17, 15) is 0 Å². The van der Waals surface area contributed by atoms with Gasteiger partial charge >= 0.3 is 23.1 Å². The van der Waals surface area contributed by atoms with E-state index in [1.807, 2.05) is 0 Å². The van der Waals surface area contributed by atoms with Crippen molar-refractivity contribution in [2.45, 2.75) is 0 Å². The third kappa shape index (κ3) is 29.7. The molecule has 0 heterocycles. The molecule has 0 aliphatic rings. The minimum Gasteiger partial charge on any atom is -0.0149 e. The second kappa shape index (κ2) is 47.1. The molecule has 0 radical (unpaired) electrons. The first-order valence-electron chi connectivity index (χ1n) is 0. The molecule has 0 bridgehead atoms. The van der Waals surface area contributed by atoms with Gasteiger partial charge in [0.1, 0.15) is 0 Å². The Balaban J connectivity index is 0. The van der Waals surface area contributed by atoms with Gasteiger partial charge in [-0.05, 0) is 21.9 Å². The van der Waals surface area contributed by atoms with E-state index >= 15 is 0 Å². The Hall–Kier alpha value is 2.72. The molecule has 0 nitrogen and oxygen atoms in total. The second-order valence-corrected chi connectivity index (χ2v) is 0. The van der Waals surface area contributed by atoms with Crippen molar-refractivity contribution in [2.24, 2.45) is 0 Å². The fraction of sp³-hybridized carbons (Fsp3) is 0. The monoisotopic (exact) mass is 258 g/mol. The van der Waals surface area contributed by atoms with Crippen LogP contribution in [0.25, 0.3) is 0 Å². The van der Waals surface area contributed by atoms with Gasteiger partial charge < -0.3 is 0 Å². The van der Waals surface area contributed by atoms with Gasteiger partial charge in [-0.1, -0.05) is 0 Å². The molecular weight excluding hydrogens is 250 g/mol. The molecule has 0 unspecified atom stereocenters. The molecule has 0 saturated heterocycles. The van der Waals surface area contributed by atoms with E-state index in [1.165, 1.54) is 0 Å². The van der Waals surface area contributed by atoms with Crippen molar-refractivity contribution in [3.8, 4) is 0 Å². The fourth-order valence-electron chi connectivity index (χ4n) is 0. The van der Waals surface area contributed by atoms with Crippen LogP contribution in [0, 0.1) is 0 Å². The predicted octanol–water partition coefficient (Wildman–Crippen LogP) is -3.83. The Bertz CT molecular complexity index is 11.5. The first kappa shape index (κ1) is 70.3. The van der Waals surface area contributed by atoms with Gasteiger partial charge in [-0.2, -0.15) is 0 Å². The summed E-state index contributed by atoms with van der Waals surface area (Å²) in [5.41, 5.74) is 0. The average Bonchev–Trinajstić information content (AvgIpc) is 0. The smallest absolute Gasteiger partial charge is 0.0149 e. The summed E-state index contributed by atoms with van der Waals surface area (Å²) >= 11 is 0. The quantitative estimate of drug-likeness (QED) is 0.391. The summed E-state index contributed by atoms with van der Waals surface area (Å²) in [7, 11) is 0. The minimum atomic E-state index is 0. The Labute approximate surface area is 94.2 Å². The van der Waals surface area contributed by atoms with Crippen LogP contribution < -0.4 is 0 Å². The average molecular weight is 260 g/mol. The van der Waals surface area contributed by atoms with Crippen LogP contribution in [0.5, 0.6) is 0 Å². The van der Waals surface area contributed by atoms with Crippen LogP contribution in [-0.4, -0.2) is 45.0 Å². The Kier molecular flexibility index (Phi) is 552. The topological polar surface area (TPSA) is 0 Å². The van der Waals surface area contributed by atoms with Gasteiger partial charge in [-0.15, -0.1) is 0 Å². The number of hydrogen-bond donors (Lipinski definition) is 0. The molecule has 0 aromatic heterocycles. The van der Waals surface area contributed by atoms with Gasteiger partial charge in [0.05, 0.1) is 0 Å². The van der Waals surface area contributed by atoms with E-state index in [0.717, 1.165) is 0 Å². The molecule has 0 aromatic rings. The molecule has 0 spiro atoms. The van der Waals surface area contributed by atoms with Crippen LogP contribution in [0.1, 0.15) is 0 Å². The maximum Gasteiger partial charge on any atom is 0.316 e. The Morgan fingerprint density at radius 1 is 0.667 bits per heavy atom. The molecule has 0 saturated carbocycles. The van der Waals surface area contributed by atoms with Crippen molar-refractivity contribution in [2.75, 3.05) is 0 Å². The molecule has 6 heteroatoms. The third-order valence-electron chi connectivity index (χ3n) is 0. The number of rotatable bonds is 0. The van der Waals surface area contributed by atoms with E-state index in [0.29, 0.717) is 0 Å². The maximum atomic E-state index is 0. The normalized spacial score (nSPS) is 0. The molecule has 0 aliphatic heterocycles. The second-order valence-electron chi connectivity index (χ2n) is 0. The molecule has 0 aliphatic carbocycles. The SMILES string of the molecule is [Cr].[MgH2].[Ni].[Ni].[SiH4].[SiH4]. The zero-order valence-corrected chi connectivity index (χ0v) is 4.29. The van der Waals surface area contributed by atoms with Gasteiger partial charge in [0.2, 0.25) is 0 Å². The summed E-state index contributed by atoms with van der Waals surface area (Å²) in [6.07, 6.45) is 0. The Morgan fingerprint density at radius 2 is 0.667 bits per heavy atom. The molecule has 0 atom stereocenters. The van der Waals surface area contributed by atoms with E-state index in [4.69, 9.17) is 0 Å². The summed E-state index contributed by atoms with van der Waals surface area (Å²) in [4.78, 5) is 0. The molecular formula is H10CrMgNi2Si2. The van der Waals surface area contributed by atoms with Crippen molar-refractivity contribution < 1.29 is 50.3 Å². The number of hydrogen-bond acceptors (Lipinski definition) is 0. The van der Waals surface area contributed by atoms with Gasteiger partial charge in [-0.3, -0.25) is 0 Å². The zero-order chi connectivity index (χ0) is 0. The van der Waals surface area contributed by atoms with Crippen molar-refractivity contribution in [1.29, 1.82) is 0 Å². The summed E-state index contributed by atoms with van der Waals surface area (Å²) < 4.78 is 0. The summed E-state index contributed by atoms with van der Waals surface area (Å²) in [6, 6.07) is 0. The van der Waals surface area contributed by atoms with E-state index in [1.54, 1.807) is 0 Å². The maximum absolute atomic E-state index is 0. The van der Waals surface area contributed by atoms with Gasteiger partial charge in [0, 0.05) is 50.3 Å². The molecule has 0 rings (SSSR count). The van der Waals surface area contributed by atoms with Crippen LogP contribution in [0.3, 0.4) is 0 Å². The predicted molar refractivity (Wildman–Crippen MR) is 31.2 cm³/mol. The fourth-order valence-corrected chi connectivity index (χ4v) is 0. The van der Waals surface area contributed by atoms with Crippen molar-refractivity contribution >= 4 is 45.0 Å². The Morgan fingerprint density at radius 3 is 0.667 bits per heavy atom. The molecule has 0 aromatic carbocycles. The van der Waals surface area contributed by atoms with Gasteiger partial charge in [0.15, 0.2) is 0 Å². The van der Waals surface area contributed by atoms with Crippen LogP contribution in [0.15, 0.2) is 0 Å². The van der Waals surface area contributed by atoms with E-state index in [2.05, 4.69) is 0 Å². The van der Waals surface area contributed by atoms with Gasteiger partial charge in [0.25, 0.3) is 0 Å². The van der Waals surface area contributed by atoms with Crippen LogP contribution >= 0.6 is 0 Å². The summed E-state index contributed by atoms with van der Waals surface area (Å²) in [5.74, 6) is 0. The molecule has 6 heavy (non-hydrogen) atoms. The van der Waals surface area contributed by atoms with E-state index in [-0.39, 0.29) is 95.3 Å². The summed E-state index contributed by atoms with van der Waals surface area (Å²) in [6.45, 7) is 0. The summed E-state index contributed by atoms with van der Waals surface area (Å²) in [5, 5.41) is 0. The van der Waals surface area contributed by atoms with E-state index < -0.39 is 0 Å². The van der Waals surface area contributed by atoms with Crippen LogP contribution in [-0.2, 0) is 50.3 Å². The molecule has 0 N–H and O–H groups in total.